The van der Waals surface area contributed by atoms with Crippen molar-refractivity contribution < 1.29 is 4.79 Å². The number of hydrazone groups is 1. The zero-order valence-electron chi connectivity index (χ0n) is 13.1. The number of carbonyl (C=O) groups is 1. The van der Waals surface area contributed by atoms with Crippen molar-refractivity contribution in [1.82, 2.24) is 15.4 Å². The van der Waals surface area contributed by atoms with Crippen LogP contribution in [0, 0.1) is 13.8 Å². The number of benzene rings is 1. The normalized spacial score (nSPS) is 11.4. The number of amides is 1. The molecule has 1 heterocycles. The number of halogens is 1. The number of thioether (sulfide) groups is 1. The molecule has 23 heavy (non-hydrogen) atoms. The van der Waals surface area contributed by atoms with Crippen LogP contribution in [0.2, 0.25) is 5.02 Å². The van der Waals surface area contributed by atoms with E-state index in [9.17, 15) is 4.79 Å². The highest BCUT2D eigenvalue weighted by Gasteiger charge is 2.07. The molecule has 0 bridgehead atoms. The van der Waals surface area contributed by atoms with E-state index in [-0.39, 0.29) is 11.7 Å². The Morgan fingerprint density at radius 2 is 1.91 bits per heavy atom. The molecule has 0 saturated heterocycles. The van der Waals surface area contributed by atoms with Crippen molar-refractivity contribution in [2.45, 2.75) is 25.9 Å². The summed E-state index contributed by atoms with van der Waals surface area (Å²) >= 11 is 7.37. The summed E-state index contributed by atoms with van der Waals surface area (Å²) in [5.41, 5.74) is 5.73. The van der Waals surface area contributed by atoms with Gasteiger partial charge in [-0.2, -0.15) is 5.10 Å². The average Bonchev–Trinajstić information content (AvgIpc) is 2.50. The van der Waals surface area contributed by atoms with E-state index in [2.05, 4.69) is 20.5 Å². The van der Waals surface area contributed by atoms with Gasteiger partial charge >= 0.3 is 0 Å². The highest BCUT2D eigenvalue weighted by molar-refractivity contribution is 7.99. The number of nitrogens with zero attached hydrogens (tertiary/aromatic N) is 3. The molecule has 7 heteroatoms. The lowest BCUT2D eigenvalue weighted by molar-refractivity contribution is -0.118. The maximum Gasteiger partial charge on any atom is 0.250 e. The third-order valence-electron chi connectivity index (χ3n) is 2.91. The summed E-state index contributed by atoms with van der Waals surface area (Å²) in [5, 5.41) is 5.27. The fraction of sp³-hybridized carbons (Fsp3) is 0.250. The Hall–Kier alpha value is -1.92. The lowest BCUT2D eigenvalue weighted by Gasteiger charge is -2.05. The van der Waals surface area contributed by atoms with Crippen LogP contribution in [-0.2, 0) is 4.79 Å². The molecule has 0 aliphatic carbocycles. The van der Waals surface area contributed by atoms with Gasteiger partial charge in [-0.1, -0.05) is 41.6 Å². The summed E-state index contributed by atoms with van der Waals surface area (Å²) in [6.45, 7) is 5.59. The molecule has 2 aromatic rings. The molecule has 120 valence electrons. The van der Waals surface area contributed by atoms with Crippen LogP contribution in [0.25, 0.3) is 0 Å². The second kappa shape index (κ2) is 8.08. The summed E-state index contributed by atoms with van der Waals surface area (Å²) in [4.78, 5) is 20.4. The monoisotopic (exact) mass is 348 g/mol. The van der Waals surface area contributed by atoms with Crippen molar-refractivity contribution >= 4 is 35.0 Å². The van der Waals surface area contributed by atoms with Crippen molar-refractivity contribution in [2.24, 2.45) is 5.10 Å². The topological polar surface area (TPSA) is 67.2 Å². The fourth-order valence-electron chi connectivity index (χ4n) is 1.88. The first-order valence-corrected chi connectivity index (χ1v) is 8.35. The second-order valence-corrected chi connectivity index (χ2v) is 6.28. The van der Waals surface area contributed by atoms with Crippen molar-refractivity contribution in [3.63, 3.8) is 0 Å². The first-order chi connectivity index (χ1) is 11.0. The predicted octanol–water partition coefficient (Wildman–Crippen LogP) is 3.38. The van der Waals surface area contributed by atoms with Crippen LogP contribution in [0.15, 0.2) is 40.6 Å². The Balaban J connectivity index is 1.92. The molecule has 1 aromatic carbocycles. The lowest BCUT2D eigenvalue weighted by Crippen LogP contribution is -2.21. The quantitative estimate of drug-likeness (QED) is 0.389. The molecule has 0 fully saturated rings. The molecule has 1 amide bonds. The van der Waals surface area contributed by atoms with Gasteiger partial charge in [0.05, 0.1) is 11.5 Å². The van der Waals surface area contributed by atoms with E-state index in [4.69, 9.17) is 11.6 Å². The predicted molar refractivity (Wildman–Crippen MR) is 94.0 cm³/mol. The van der Waals surface area contributed by atoms with E-state index in [1.165, 1.54) is 11.8 Å². The summed E-state index contributed by atoms with van der Waals surface area (Å²) in [6.07, 6.45) is 0. The minimum atomic E-state index is -0.218. The van der Waals surface area contributed by atoms with E-state index >= 15 is 0 Å². The Kier molecular flexibility index (Phi) is 6.12. The third-order valence-corrected chi connectivity index (χ3v) is 4.08. The van der Waals surface area contributed by atoms with Gasteiger partial charge in [0.15, 0.2) is 5.16 Å². The smallest absolute Gasteiger partial charge is 0.250 e. The van der Waals surface area contributed by atoms with E-state index in [1.54, 1.807) is 13.0 Å². The van der Waals surface area contributed by atoms with Gasteiger partial charge in [0.1, 0.15) is 0 Å². The van der Waals surface area contributed by atoms with Crippen molar-refractivity contribution in [2.75, 3.05) is 5.75 Å². The van der Waals surface area contributed by atoms with Crippen molar-refractivity contribution in [3.05, 3.63) is 52.3 Å². The van der Waals surface area contributed by atoms with Crippen LogP contribution in [0.3, 0.4) is 0 Å². The van der Waals surface area contributed by atoms with Gasteiger partial charge in [-0.25, -0.2) is 15.4 Å². The van der Waals surface area contributed by atoms with Gasteiger partial charge in [0, 0.05) is 22.0 Å². The summed E-state index contributed by atoms with van der Waals surface area (Å²) in [5.74, 6) is -0.0217. The average molecular weight is 349 g/mol. The largest absolute Gasteiger partial charge is 0.272 e. The third kappa shape index (κ3) is 5.33. The van der Waals surface area contributed by atoms with Gasteiger partial charge in [0.2, 0.25) is 0 Å². The summed E-state index contributed by atoms with van der Waals surface area (Å²) in [7, 11) is 0. The fourth-order valence-corrected chi connectivity index (χ4v) is 2.90. The molecular formula is C16H17ClN4OS. The van der Waals surface area contributed by atoms with Gasteiger partial charge in [-0.15, -0.1) is 0 Å². The van der Waals surface area contributed by atoms with Crippen LogP contribution in [-0.4, -0.2) is 27.3 Å². The molecule has 0 saturated carbocycles. The van der Waals surface area contributed by atoms with Gasteiger partial charge in [-0.05, 0) is 32.9 Å². The first kappa shape index (κ1) is 17.4. The highest BCUT2D eigenvalue weighted by Crippen LogP contribution is 2.16. The van der Waals surface area contributed by atoms with Crippen molar-refractivity contribution in [1.29, 1.82) is 0 Å². The number of aryl methyl sites for hydroxylation is 2. The maximum atomic E-state index is 11.9. The molecule has 0 aliphatic heterocycles. The minimum absolute atomic E-state index is 0.197. The van der Waals surface area contributed by atoms with E-state index in [0.29, 0.717) is 15.9 Å². The maximum absolute atomic E-state index is 11.9. The Morgan fingerprint density at radius 1 is 1.26 bits per heavy atom. The minimum Gasteiger partial charge on any atom is -0.272 e. The van der Waals surface area contributed by atoms with E-state index in [1.807, 2.05) is 38.1 Å². The lowest BCUT2D eigenvalue weighted by atomic mass is 10.1. The summed E-state index contributed by atoms with van der Waals surface area (Å²) < 4.78 is 0. The molecule has 0 unspecified atom stereocenters. The van der Waals surface area contributed by atoms with Crippen LogP contribution in [0.4, 0.5) is 0 Å². The molecule has 1 N–H and O–H groups in total. The number of nitrogens with one attached hydrogen (secondary N) is 1. The molecule has 5 nitrogen and oxygen atoms in total. The van der Waals surface area contributed by atoms with Crippen LogP contribution < -0.4 is 5.43 Å². The number of aromatic nitrogens is 2. The molecule has 0 spiro atoms. The van der Waals surface area contributed by atoms with Gasteiger partial charge in [-0.3, -0.25) is 4.79 Å². The van der Waals surface area contributed by atoms with E-state index < -0.39 is 0 Å². The SMILES string of the molecule is CC(=NNC(=O)CSc1nc(C)cc(C)n1)c1ccccc1Cl. The van der Waals surface area contributed by atoms with Crippen molar-refractivity contribution in [3.8, 4) is 0 Å². The van der Waals surface area contributed by atoms with Gasteiger partial charge < -0.3 is 0 Å². The molecule has 0 atom stereocenters. The Labute approximate surface area is 144 Å². The van der Waals surface area contributed by atoms with Crippen LogP contribution in [0.1, 0.15) is 23.9 Å². The van der Waals surface area contributed by atoms with Gasteiger partial charge in [0.25, 0.3) is 5.91 Å². The second-order valence-electron chi connectivity index (χ2n) is 4.93. The molecule has 1 aromatic heterocycles. The Bertz CT molecular complexity index is 728. The first-order valence-electron chi connectivity index (χ1n) is 6.99. The van der Waals surface area contributed by atoms with E-state index in [0.717, 1.165) is 17.0 Å². The number of rotatable bonds is 5. The summed E-state index contributed by atoms with van der Waals surface area (Å²) in [6, 6.07) is 9.24. The number of hydrogen-bond donors (Lipinski definition) is 1. The molecule has 0 radical (unpaired) electrons. The van der Waals surface area contributed by atoms with Crippen LogP contribution in [0.5, 0.6) is 0 Å². The molecule has 0 aliphatic rings. The highest BCUT2D eigenvalue weighted by atomic mass is 35.5. The standard InChI is InChI=1S/C16H17ClN4OS/c1-10-8-11(2)19-16(18-10)23-9-15(22)21-20-12(3)13-6-4-5-7-14(13)17/h4-8H,9H2,1-3H3,(H,21,22). The number of carbonyl (C=O) groups excluding carboxylic acids is 1. The zero-order chi connectivity index (χ0) is 16.8. The molecular weight excluding hydrogens is 332 g/mol. The molecule has 2 rings (SSSR count). The zero-order valence-corrected chi connectivity index (χ0v) is 14.7. The number of hydrogen-bond acceptors (Lipinski definition) is 5. The Morgan fingerprint density at radius 3 is 2.57 bits per heavy atom. The van der Waals surface area contributed by atoms with Crippen LogP contribution >= 0.6 is 23.4 Å².